The molecule has 1 aromatic rings. The number of benzene rings is 1. The van der Waals surface area contributed by atoms with E-state index in [-0.39, 0.29) is 31.8 Å². The van der Waals surface area contributed by atoms with E-state index in [1.54, 1.807) is 4.90 Å². The first kappa shape index (κ1) is 16.3. The molecule has 118 valence electrons. The van der Waals surface area contributed by atoms with Gasteiger partial charge in [0.05, 0.1) is 25.2 Å². The molecule has 0 bridgehead atoms. The molecule has 1 N–H and O–H groups in total. The molecular weight excluding hydrogens is 284 g/mol. The summed E-state index contributed by atoms with van der Waals surface area (Å²) in [5, 5.41) is 12.8. The van der Waals surface area contributed by atoms with Crippen LogP contribution in [0.1, 0.15) is 12.0 Å². The van der Waals surface area contributed by atoms with Gasteiger partial charge in [0, 0.05) is 11.5 Å². The maximum atomic E-state index is 12.5. The highest BCUT2D eigenvalue weighted by molar-refractivity contribution is 5.79. The fraction of sp³-hybridized carbons (Fsp3) is 0.533. The van der Waals surface area contributed by atoms with E-state index in [2.05, 4.69) is 10.0 Å². The Balaban J connectivity index is 1.98. The maximum Gasteiger partial charge on any atom is 0.230 e. The Bertz CT molecular complexity index is 531. The van der Waals surface area contributed by atoms with Crippen molar-refractivity contribution in [2.24, 2.45) is 11.0 Å². The number of azide groups is 1. The molecule has 0 spiro atoms. The second-order valence-electron chi connectivity index (χ2n) is 5.27. The van der Waals surface area contributed by atoms with E-state index < -0.39 is 5.92 Å². The predicted octanol–water partition coefficient (Wildman–Crippen LogP) is 1.72. The molecule has 1 heterocycles. The summed E-state index contributed by atoms with van der Waals surface area (Å²) in [5.41, 5.74) is 9.43. The first-order chi connectivity index (χ1) is 10.8. The lowest BCUT2D eigenvalue weighted by atomic mass is 10.0. The fourth-order valence-corrected chi connectivity index (χ4v) is 2.57. The van der Waals surface area contributed by atoms with Gasteiger partial charge in [0.15, 0.2) is 0 Å². The molecule has 1 aliphatic heterocycles. The van der Waals surface area contributed by atoms with Crippen LogP contribution >= 0.6 is 0 Å². The van der Waals surface area contributed by atoms with Crippen molar-refractivity contribution >= 4 is 5.91 Å². The molecule has 1 fully saturated rings. The third-order valence-electron chi connectivity index (χ3n) is 3.79. The molecule has 1 amide bonds. The fourth-order valence-electron chi connectivity index (χ4n) is 2.57. The number of ether oxygens (including phenoxy) is 1. The van der Waals surface area contributed by atoms with Gasteiger partial charge in [-0.3, -0.25) is 4.79 Å². The summed E-state index contributed by atoms with van der Waals surface area (Å²) in [6, 6.07) is 9.90. The number of aliphatic hydroxyl groups excluding tert-OH is 1. The van der Waals surface area contributed by atoms with E-state index in [0.29, 0.717) is 13.0 Å². The van der Waals surface area contributed by atoms with Gasteiger partial charge in [-0.15, -0.1) is 0 Å². The maximum absolute atomic E-state index is 12.5. The topological polar surface area (TPSA) is 98.5 Å². The van der Waals surface area contributed by atoms with Gasteiger partial charge in [-0.25, -0.2) is 0 Å². The summed E-state index contributed by atoms with van der Waals surface area (Å²) in [5.74, 6) is -0.695. The van der Waals surface area contributed by atoms with E-state index in [1.807, 2.05) is 30.3 Å². The molecule has 1 aliphatic rings. The van der Waals surface area contributed by atoms with Crippen LogP contribution in [0.15, 0.2) is 35.4 Å². The van der Waals surface area contributed by atoms with Crippen LogP contribution in [0.3, 0.4) is 0 Å². The summed E-state index contributed by atoms with van der Waals surface area (Å²) in [6.45, 7) is 0.684. The minimum Gasteiger partial charge on any atom is -0.396 e. The molecular formula is C15H20N4O3. The largest absolute Gasteiger partial charge is 0.396 e. The van der Waals surface area contributed by atoms with Gasteiger partial charge >= 0.3 is 0 Å². The van der Waals surface area contributed by atoms with E-state index in [0.717, 1.165) is 12.0 Å². The third kappa shape index (κ3) is 4.21. The third-order valence-corrected chi connectivity index (χ3v) is 3.79. The normalized spacial score (nSPS) is 18.8. The molecule has 1 aromatic carbocycles. The number of rotatable bonds is 7. The Morgan fingerprint density at radius 1 is 1.50 bits per heavy atom. The van der Waals surface area contributed by atoms with Crippen molar-refractivity contribution in [2.45, 2.75) is 18.9 Å². The number of hydrogen-bond donors (Lipinski definition) is 1. The van der Waals surface area contributed by atoms with Gasteiger partial charge in [0.1, 0.15) is 6.73 Å². The van der Waals surface area contributed by atoms with Crippen LogP contribution in [0, 0.1) is 5.92 Å². The second-order valence-corrected chi connectivity index (χ2v) is 5.27. The van der Waals surface area contributed by atoms with Crippen molar-refractivity contribution in [1.29, 1.82) is 0 Å². The van der Waals surface area contributed by atoms with Gasteiger partial charge in [-0.05, 0) is 23.9 Å². The minimum absolute atomic E-state index is 0.0246. The standard InChI is InChI=1S/C15H20N4O3/c16-18-17-7-6-13(9-20)15(21)19-11-22-10-14(19)8-12-4-2-1-3-5-12/h1-5,13-14,20H,6-11H2/t13-,14+/m1/s1. The molecule has 2 rings (SSSR count). The van der Waals surface area contributed by atoms with Crippen molar-refractivity contribution < 1.29 is 14.6 Å². The summed E-state index contributed by atoms with van der Waals surface area (Å²) >= 11 is 0. The van der Waals surface area contributed by atoms with Crippen molar-refractivity contribution in [3.8, 4) is 0 Å². The Hall–Kier alpha value is -2.08. The summed E-state index contributed by atoms with van der Waals surface area (Å²) in [6.07, 6.45) is 1.06. The number of carbonyl (C=O) groups is 1. The van der Waals surface area contributed by atoms with Gasteiger partial charge in [-0.1, -0.05) is 35.4 Å². The highest BCUT2D eigenvalue weighted by Crippen LogP contribution is 2.19. The Kier molecular flexibility index (Phi) is 6.21. The average molecular weight is 304 g/mol. The second kappa shape index (κ2) is 8.38. The van der Waals surface area contributed by atoms with Crippen LogP contribution in [0.5, 0.6) is 0 Å². The predicted molar refractivity (Wildman–Crippen MR) is 80.8 cm³/mol. The zero-order valence-electron chi connectivity index (χ0n) is 12.3. The molecule has 0 radical (unpaired) electrons. The Morgan fingerprint density at radius 2 is 2.27 bits per heavy atom. The van der Waals surface area contributed by atoms with Crippen LogP contribution in [0.4, 0.5) is 0 Å². The van der Waals surface area contributed by atoms with Crippen LogP contribution in [0.2, 0.25) is 0 Å². The molecule has 7 heteroatoms. The highest BCUT2D eigenvalue weighted by Gasteiger charge is 2.33. The summed E-state index contributed by atoms with van der Waals surface area (Å²) in [7, 11) is 0. The van der Waals surface area contributed by atoms with Gasteiger partial charge in [-0.2, -0.15) is 0 Å². The van der Waals surface area contributed by atoms with E-state index in [1.165, 1.54) is 0 Å². The molecule has 0 aromatic heterocycles. The first-order valence-corrected chi connectivity index (χ1v) is 7.30. The monoisotopic (exact) mass is 304 g/mol. The highest BCUT2D eigenvalue weighted by atomic mass is 16.5. The number of hydrogen-bond acceptors (Lipinski definition) is 4. The number of amides is 1. The zero-order valence-corrected chi connectivity index (χ0v) is 12.3. The van der Waals surface area contributed by atoms with Crippen molar-refractivity contribution in [3.05, 3.63) is 46.3 Å². The van der Waals surface area contributed by atoms with E-state index >= 15 is 0 Å². The van der Waals surface area contributed by atoms with Gasteiger partial charge < -0.3 is 14.7 Å². The van der Waals surface area contributed by atoms with Crippen LogP contribution < -0.4 is 0 Å². The van der Waals surface area contributed by atoms with Crippen LogP contribution in [-0.4, -0.2) is 48.4 Å². The average Bonchev–Trinajstić information content (AvgIpc) is 3.00. The zero-order chi connectivity index (χ0) is 15.8. The van der Waals surface area contributed by atoms with Crippen molar-refractivity contribution in [3.63, 3.8) is 0 Å². The summed E-state index contributed by atoms with van der Waals surface area (Å²) in [4.78, 5) is 16.9. The van der Waals surface area contributed by atoms with Crippen molar-refractivity contribution in [2.75, 3.05) is 26.5 Å². The lowest BCUT2D eigenvalue weighted by Crippen LogP contribution is -2.42. The number of carbonyl (C=O) groups excluding carboxylic acids is 1. The molecule has 7 nitrogen and oxygen atoms in total. The van der Waals surface area contributed by atoms with E-state index in [9.17, 15) is 9.90 Å². The minimum atomic E-state index is -0.550. The van der Waals surface area contributed by atoms with Gasteiger partial charge in [0.25, 0.3) is 0 Å². The number of nitrogens with zero attached hydrogens (tertiary/aromatic N) is 4. The van der Waals surface area contributed by atoms with Crippen LogP contribution in [0.25, 0.3) is 10.4 Å². The molecule has 0 unspecified atom stereocenters. The Morgan fingerprint density at radius 3 is 2.95 bits per heavy atom. The first-order valence-electron chi connectivity index (χ1n) is 7.30. The quantitative estimate of drug-likeness (QED) is 0.471. The Labute approximate surface area is 129 Å². The van der Waals surface area contributed by atoms with E-state index in [4.69, 9.17) is 10.3 Å². The molecule has 0 aliphatic carbocycles. The molecule has 0 saturated carbocycles. The van der Waals surface area contributed by atoms with Gasteiger partial charge in [0.2, 0.25) is 5.91 Å². The lowest BCUT2D eigenvalue weighted by Gasteiger charge is -2.26. The SMILES string of the molecule is [N-]=[N+]=NCC[C@H](CO)C(=O)N1COC[C@@H]1Cc1ccccc1. The molecule has 22 heavy (non-hydrogen) atoms. The molecule has 2 atom stereocenters. The summed E-state index contributed by atoms with van der Waals surface area (Å²) < 4.78 is 5.42. The van der Waals surface area contributed by atoms with Crippen molar-refractivity contribution in [1.82, 2.24) is 4.90 Å². The smallest absolute Gasteiger partial charge is 0.230 e. The lowest BCUT2D eigenvalue weighted by molar-refractivity contribution is -0.139. The molecule has 1 saturated heterocycles. The number of aliphatic hydroxyl groups is 1. The van der Waals surface area contributed by atoms with Crippen LogP contribution in [-0.2, 0) is 16.0 Å².